The number of aromatic nitrogens is 1. The van der Waals surface area contributed by atoms with Gasteiger partial charge in [0.25, 0.3) is 5.91 Å². The molecule has 1 aromatic heterocycles. The highest BCUT2D eigenvalue weighted by Gasteiger charge is 2.34. The minimum Gasteiger partial charge on any atom is -0.497 e. The molecule has 0 bridgehead atoms. The number of hydrogen-bond acceptors (Lipinski definition) is 4. The molecule has 0 aliphatic carbocycles. The lowest BCUT2D eigenvalue weighted by Crippen LogP contribution is -2.43. The third-order valence-corrected chi connectivity index (χ3v) is 5.13. The fraction of sp³-hybridized carbons (Fsp3) is 0.273. The van der Waals surface area contributed by atoms with E-state index in [2.05, 4.69) is 4.98 Å². The Kier molecular flexibility index (Phi) is 4.55. The number of aromatic amines is 1. The number of benzene rings is 2. The van der Waals surface area contributed by atoms with Gasteiger partial charge in [0.15, 0.2) is 6.10 Å². The van der Waals surface area contributed by atoms with Gasteiger partial charge in [-0.05, 0) is 50.1 Å². The van der Waals surface area contributed by atoms with Crippen molar-refractivity contribution in [2.45, 2.75) is 32.4 Å². The third-order valence-electron chi connectivity index (χ3n) is 5.13. The van der Waals surface area contributed by atoms with Crippen molar-refractivity contribution in [3.8, 4) is 5.75 Å². The number of carbonyl (C=O) groups is 2. The molecule has 6 heteroatoms. The highest BCUT2D eigenvalue weighted by atomic mass is 16.5. The van der Waals surface area contributed by atoms with Gasteiger partial charge in [0.05, 0.1) is 7.11 Å². The first kappa shape index (κ1) is 18.1. The van der Waals surface area contributed by atoms with Crippen molar-refractivity contribution in [1.29, 1.82) is 0 Å². The monoisotopic (exact) mass is 378 g/mol. The lowest BCUT2D eigenvalue weighted by molar-refractivity contribution is -0.126. The molecule has 0 spiro atoms. The molecule has 1 aliphatic heterocycles. The molecule has 6 nitrogen and oxygen atoms in total. The molecule has 2 atom stereocenters. The minimum atomic E-state index is -0.887. The summed E-state index contributed by atoms with van der Waals surface area (Å²) in [7, 11) is 1.59. The van der Waals surface area contributed by atoms with Crippen molar-refractivity contribution in [2.75, 3.05) is 12.0 Å². The summed E-state index contributed by atoms with van der Waals surface area (Å²) in [5.41, 5.74) is 3.09. The highest BCUT2D eigenvalue weighted by Crippen LogP contribution is 2.32. The highest BCUT2D eigenvalue weighted by molar-refractivity contribution is 6.01. The van der Waals surface area contributed by atoms with Crippen molar-refractivity contribution < 1.29 is 19.1 Å². The van der Waals surface area contributed by atoms with E-state index in [1.807, 2.05) is 49.4 Å². The van der Waals surface area contributed by atoms with Crippen LogP contribution in [0.2, 0.25) is 0 Å². The molecule has 28 heavy (non-hydrogen) atoms. The maximum absolute atomic E-state index is 13.0. The van der Waals surface area contributed by atoms with Crippen LogP contribution in [0.15, 0.2) is 48.5 Å². The van der Waals surface area contributed by atoms with Crippen molar-refractivity contribution in [3.63, 3.8) is 0 Å². The SMILES string of the molecule is COc1ccc2cc(C(=O)OC(C)C(=O)N3c4ccccc4CC3C)[nH]c2c1. The van der Waals surface area contributed by atoms with E-state index in [1.165, 1.54) is 0 Å². The number of H-pyrrole nitrogens is 1. The summed E-state index contributed by atoms with van der Waals surface area (Å²) in [4.78, 5) is 30.3. The van der Waals surface area contributed by atoms with Crippen LogP contribution in [0.4, 0.5) is 5.69 Å². The minimum absolute atomic E-state index is 0.0339. The molecular weight excluding hydrogens is 356 g/mol. The second-order valence-electron chi connectivity index (χ2n) is 7.07. The molecule has 0 saturated carbocycles. The fourth-order valence-electron chi connectivity index (χ4n) is 3.71. The zero-order chi connectivity index (χ0) is 19.8. The summed E-state index contributed by atoms with van der Waals surface area (Å²) in [6, 6.07) is 15.1. The molecule has 1 amide bonds. The van der Waals surface area contributed by atoms with Crippen LogP contribution in [0.1, 0.15) is 29.9 Å². The Morgan fingerprint density at radius 2 is 1.96 bits per heavy atom. The van der Waals surface area contributed by atoms with Crippen LogP contribution in [-0.4, -0.2) is 36.1 Å². The lowest BCUT2D eigenvalue weighted by atomic mass is 10.1. The van der Waals surface area contributed by atoms with Gasteiger partial charge in [-0.1, -0.05) is 18.2 Å². The molecule has 2 aromatic carbocycles. The van der Waals surface area contributed by atoms with E-state index in [-0.39, 0.29) is 11.9 Å². The van der Waals surface area contributed by atoms with Gasteiger partial charge in [0.2, 0.25) is 0 Å². The van der Waals surface area contributed by atoms with Crippen LogP contribution in [0.5, 0.6) is 5.75 Å². The summed E-state index contributed by atoms with van der Waals surface area (Å²) < 4.78 is 10.7. The molecule has 2 unspecified atom stereocenters. The van der Waals surface area contributed by atoms with Gasteiger partial charge in [0.1, 0.15) is 11.4 Å². The number of nitrogens with one attached hydrogen (secondary N) is 1. The summed E-state index contributed by atoms with van der Waals surface area (Å²) in [6.07, 6.45) is -0.0889. The van der Waals surface area contributed by atoms with E-state index in [0.29, 0.717) is 11.4 Å². The Morgan fingerprint density at radius 3 is 2.75 bits per heavy atom. The number of carbonyl (C=O) groups excluding carboxylic acids is 2. The van der Waals surface area contributed by atoms with E-state index < -0.39 is 12.1 Å². The van der Waals surface area contributed by atoms with Crippen LogP contribution in [0.25, 0.3) is 10.9 Å². The number of esters is 1. The van der Waals surface area contributed by atoms with E-state index >= 15 is 0 Å². The molecule has 2 heterocycles. The van der Waals surface area contributed by atoms with Crippen molar-refractivity contribution in [2.24, 2.45) is 0 Å². The predicted octanol–water partition coefficient (Wildman–Crippen LogP) is 3.70. The molecule has 3 aromatic rings. The van der Waals surface area contributed by atoms with Gasteiger partial charge in [-0.25, -0.2) is 4.79 Å². The molecule has 4 rings (SSSR count). The lowest BCUT2D eigenvalue weighted by Gasteiger charge is -2.25. The standard InChI is InChI=1S/C22H22N2O4/c1-13-10-16-6-4-5-7-20(16)24(13)21(25)14(2)28-22(26)19-11-15-8-9-17(27-3)12-18(15)23-19/h4-9,11-14,23H,10H2,1-3H3. The molecule has 1 aliphatic rings. The Labute approximate surface area is 163 Å². The molecule has 144 valence electrons. The van der Waals surface area contributed by atoms with Gasteiger partial charge in [0, 0.05) is 28.7 Å². The Morgan fingerprint density at radius 1 is 1.18 bits per heavy atom. The smallest absolute Gasteiger partial charge is 0.355 e. The quantitative estimate of drug-likeness (QED) is 0.703. The average molecular weight is 378 g/mol. The van der Waals surface area contributed by atoms with E-state index in [9.17, 15) is 9.59 Å². The first-order chi connectivity index (χ1) is 13.5. The maximum atomic E-state index is 13.0. The summed E-state index contributed by atoms with van der Waals surface area (Å²) in [5, 5.41) is 0.869. The number of amides is 1. The molecule has 0 fully saturated rings. The molecule has 1 N–H and O–H groups in total. The number of ether oxygens (including phenoxy) is 2. The third kappa shape index (κ3) is 3.11. The topological polar surface area (TPSA) is 71.6 Å². The predicted molar refractivity (Wildman–Crippen MR) is 107 cm³/mol. The first-order valence-corrected chi connectivity index (χ1v) is 9.26. The second kappa shape index (κ2) is 7.03. The summed E-state index contributed by atoms with van der Waals surface area (Å²) in [5.74, 6) is -0.0840. The zero-order valence-corrected chi connectivity index (χ0v) is 16.1. The molecule has 0 saturated heterocycles. The largest absolute Gasteiger partial charge is 0.497 e. The van der Waals surface area contributed by atoms with E-state index in [1.54, 1.807) is 25.0 Å². The van der Waals surface area contributed by atoms with Gasteiger partial charge in [-0.3, -0.25) is 4.79 Å². The van der Waals surface area contributed by atoms with Crippen molar-refractivity contribution in [3.05, 3.63) is 59.8 Å². The molecular formula is C22H22N2O4. The Bertz CT molecular complexity index is 1060. The van der Waals surface area contributed by atoms with Gasteiger partial charge < -0.3 is 19.4 Å². The summed E-state index contributed by atoms with van der Waals surface area (Å²) >= 11 is 0. The van der Waals surface area contributed by atoms with Crippen LogP contribution in [0, 0.1) is 0 Å². The second-order valence-corrected chi connectivity index (χ2v) is 7.07. The molecule has 0 radical (unpaired) electrons. The number of methoxy groups -OCH3 is 1. The van der Waals surface area contributed by atoms with Crippen LogP contribution >= 0.6 is 0 Å². The van der Waals surface area contributed by atoms with E-state index in [4.69, 9.17) is 9.47 Å². The van der Waals surface area contributed by atoms with Crippen molar-refractivity contribution in [1.82, 2.24) is 4.98 Å². The summed E-state index contributed by atoms with van der Waals surface area (Å²) in [6.45, 7) is 3.61. The van der Waals surface area contributed by atoms with Gasteiger partial charge in [-0.2, -0.15) is 0 Å². The number of anilines is 1. The van der Waals surface area contributed by atoms with Gasteiger partial charge in [-0.15, -0.1) is 0 Å². The first-order valence-electron chi connectivity index (χ1n) is 9.26. The number of fused-ring (bicyclic) bond motifs is 2. The Hall–Kier alpha value is -3.28. The van der Waals surface area contributed by atoms with Crippen LogP contribution in [-0.2, 0) is 16.0 Å². The number of hydrogen-bond donors (Lipinski definition) is 1. The fourth-order valence-corrected chi connectivity index (χ4v) is 3.71. The van der Waals surface area contributed by atoms with Crippen LogP contribution < -0.4 is 9.64 Å². The number of nitrogens with zero attached hydrogens (tertiary/aromatic N) is 1. The maximum Gasteiger partial charge on any atom is 0.355 e. The number of para-hydroxylation sites is 1. The van der Waals surface area contributed by atoms with Crippen molar-refractivity contribution >= 4 is 28.5 Å². The number of rotatable bonds is 4. The Balaban J connectivity index is 1.51. The zero-order valence-electron chi connectivity index (χ0n) is 16.1. The average Bonchev–Trinajstić information content (AvgIpc) is 3.26. The van der Waals surface area contributed by atoms with Gasteiger partial charge >= 0.3 is 5.97 Å². The van der Waals surface area contributed by atoms with E-state index in [0.717, 1.165) is 28.6 Å². The van der Waals surface area contributed by atoms with Crippen LogP contribution in [0.3, 0.4) is 0 Å². The normalized spacial score (nSPS) is 16.7.